The third-order valence-electron chi connectivity index (χ3n) is 1.10. The zero-order valence-corrected chi connectivity index (χ0v) is 6.78. The lowest BCUT2D eigenvalue weighted by Gasteiger charge is -1.91. The number of alkyl halides is 1. The molecular weight excluding hydrogens is 203 g/mol. The standard InChI is InChI=1S/C6H3F2NO2.CH3FO/c7-4-1-2-5(8)6(3-4)9(10)11;2-1-3/h1-3H;3H,1H2. The molecule has 4 nitrogen and oxygen atoms in total. The summed E-state index contributed by atoms with van der Waals surface area (Å²) in [4.78, 5) is 9.00. The zero-order chi connectivity index (χ0) is 11.1. The fourth-order valence-corrected chi connectivity index (χ4v) is 0.626. The first-order valence-electron chi connectivity index (χ1n) is 3.29. The molecule has 0 aliphatic heterocycles. The summed E-state index contributed by atoms with van der Waals surface area (Å²) in [5.74, 6) is -1.85. The van der Waals surface area contributed by atoms with Gasteiger partial charge in [0.05, 0.1) is 11.0 Å². The van der Waals surface area contributed by atoms with E-state index in [1.807, 2.05) is 0 Å². The van der Waals surface area contributed by atoms with Gasteiger partial charge in [-0.1, -0.05) is 0 Å². The average molecular weight is 209 g/mol. The number of nitro benzene ring substituents is 1. The number of rotatable bonds is 1. The predicted molar refractivity (Wildman–Crippen MR) is 41.2 cm³/mol. The summed E-state index contributed by atoms with van der Waals surface area (Å²) in [7, 11) is 0. The van der Waals surface area contributed by atoms with Crippen molar-refractivity contribution in [3.63, 3.8) is 0 Å². The molecule has 0 spiro atoms. The van der Waals surface area contributed by atoms with Crippen molar-refractivity contribution in [2.45, 2.75) is 0 Å². The molecule has 14 heavy (non-hydrogen) atoms. The van der Waals surface area contributed by atoms with E-state index in [2.05, 4.69) is 0 Å². The molecular formula is C7H6F3NO3. The first-order valence-corrected chi connectivity index (χ1v) is 3.29. The molecule has 7 heteroatoms. The van der Waals surface area contributed by atoms with Crippen molar-refractivity contribution < 1.29 is 23.2 Å². The van der Waals surface area contributed by atoms with E-state index >= 15 is 0 Å². The Kier molecular flexibility index (Phi) is 5.23. The van der Waals surface area contributed by atoms with Gasteiger partial charge in [-0.3, -0.25) is 10.1 Å². The van der Waals surface area contributed by atoms with Crippen LogP contribution in [0.2, 0.25) is 0 Å². The van der Waals surface area contributed by atoms with E-state index in [-0.39, 0.29) is 0 Å². The van der Waals surface area contributed by atoms with Crippen LogP contribution in [0.15, 0.2) is 18.2 Å². The van der Waals surface area contributed by atoms with Gasteiger partial charge in [0, 0.05) is 0 Å². The summed E-state index contributed by atoms with van der Waals surface area (Å²) < 4.78 is 34.5. The molecule has 0 saturated carbocycles. The number of hydrogen-bond donors (Lipinski definition) is 1. The molecule has 0 amide bonds. The minimum Gasteiger partial charge on any atom is -0.366 e. The average Bonchev–Trinajstić information content (AvgIpc) is 2.10. The van der Waals surface area contributed by atoms with Gasteiger partial charge in [0.1, 0.15) is 5.82 Å². The van der Waals surface area contributed by atoms with E-state index in [0.717, 1.165) is 6.07 Å². The Labute approximate surface area is 76.7 Å². The van der Waals surface area contributed by atoms with Crippen molar-refractivity contribution in [1.82, 2.24) is 0 Å². The smallest absolute Gasteiger partial charge is 0.307 e. The quantitative estimate of drug-likeness (QED) is 0.566. The van der Waals surface area contributed by atoms with Crippen LogP contribution in [0.1, 0.15) is 0 Å². The van der Waals surface area contributed by atoms with Gasteiger partial charge in [-0.2, -0.15) is 4.39 Å². The van der Waals surface area contributed by atoms with Gasteiger partial charge in [0.2, 0.25) is 5.82 Å². The number of benzene rings is 1. The molecule has 78 valence electrons. The SMILES string of the molecule is O=[N+]([O-])c1cc(F)ccc1F.OCF. The van der Waals surface area contributed by atoms with Gasteiger partial charge in [-0.15, -0.1) is 0 Å². The van der Waals surface area contributed by atoms with Crippen LogP contribution in [-0.2, 0) is 0 Å². The molecule has 0 bridgehead atoms. The second-order valence-corrected chi connectivity index (χ2v) is 1.97. The van der Waals surface area contributed by atoms with Crippen molar-refractivity contribution >= 4 is 5.69 Å². The summed E-state index contributed by atoms with van der Waals surface area (Å²) in [5, 5.41) is 16.9. The molecule has 0 radical (unpaired) electrons. The van der Waals surface area contributed by atoms with Crippen molar-refractivity contribution in [3.8, 4) is 0 Å². The molecule has 1 aromatic carbocycles. The summed E-state index contributed by atoms with van der Waals surface area (Å²) >= 11 is 0. The fourth-order valence-electron chi connectivity index (χ4n) is 0.626. The van der Waals surface area contributed by atoms with E-state index in [1.54, 1.807) is 0 Å². The van der Waals surface area contributed by atoms with Crippen LogP contribution in [0, 0.1) is 21.7 Å². The highest BCUT2D eigenvalue weighted by atomic mass is 19.1. The Hall–Kier alpha value is -1.63. The van der Waals surface area contributed by atoms with E-state index in [9.17, 15) is 23.3 Å². The monoisotopic (exact) mass is 209 g/mol. The van der Waals surface area contributed by atoms with Gasteiger partial charge >= 0.3 is 5.69 Å². The molecule has 1 rings (SSSR count). The molecule has 0 aliphatic carbocycles. The van der Waals surface area contributed by atoms with Gasteiger partial charge in [-0.05, 0) is 12.1 Å². The van der Waals surface area contributed by atoms with E-state index in [0.29, 0.717) is 12.1 Å². The minimum atomic E-state index is -1.25. The molecule has 0 aromatic heterocycles. The van der Waals surface area contributed by atoms with Crippen LogP contribution in [0.3, 0.4) is 0 Å². The number of aliphatic hydroxyl groups excluding tert-OH is 1. The predicted octanol–water partition coefficient (Wildman–Crippen LogP) is 1.78. The maximum absolute atomic E-state index is 12.4. The lowest BCUT2D eigenvalue weighted by Crippen LogP contribution is -1.92. The number of nitrogens with zero attached hydrogens (tertiary/aromatic N) is 1. The summed E-state index contributed by atoms with van der Waals surface area (Å²) in [5.41, 5.74) is -0.843. The maximum atomic E-state index is 12.4. The highest BCUT2D eigenvalue weighted by Gasteiger charge is 2.13. The van der Waals surface area contributed by atoms with Gasteiger partial charge in [-0.25, -0.2) is 8.78 Å². The molecule has 1 N–H and O–H groups in total. The van der Waals surface area contributed by atoms with Crippen molar-refractivity contribution in [3.05, 3.63) is 39.9 Å². The number of halogens is 3. The first-order chi connectivity index (χ1) is 6.52. The van der Waals surface area contributed by atoms with E-state index in [1.165, 1.54) is 0 Å². The van der Waals surface area contributed by atoms with E-state index < -0.39 is 29.1 Å². The second kappa shape index (κ2) is 5.92. The molecule has 0 fully saturated rings. The third-order valence-corrected chi connectivity index (χ3v) is 1.10. The summed E-state index contributed by atoms with van der Waals surface area (Å²) in [6, 6.07) is 2.07. The zero-order valence-electron chi connectivity index (χ0n) is 6.78. The lowest BCUT2D eigenvalue weighted by atomic mass is 10.3. The number of nitro groups is 1. The first kappa shape index (κ1) is 12.4. The molecule has 0 atom stereocenters. The van der Waals surface area contributed by atoms with Crippen LogP contribution in [0.4, 0.5) is 18.9 Å². The highest BCUT2D eigenvalue weighted by Crippen LogP contribution is 2.16. The van der Waals surface area contributed by atoms with Gasteiger partial charge < -0.3 is 5.11 Å². The third kappa shape index (κ3) is 3.85. The molecule has 1 aromatic rings. The van der Waals surface area contributed by atoms with Crippen LogP contribution in [-0.4, -0.2) is 16.9 Å². The second-order valence-electron chi connectivity index (χ2n) is 1.97. The Morgan fingerprint density at radius 3 is 2.29 bits per heavy atom. The lowest BCUT2D eigenvalue weighted by molar-refractivity contribution is -0.387. The molecule has 0 unspecified atom stereocenters. The fraction of sp³-hybridized carbons (Fsp3) is 0.143. The largest absolute Gasteiger partial charge is 0.366 e. The van der Waals surface area contributed by atoms with Crippen molar-refractivity contribution in [2.24, 2.45) is 0 Å². The Balaban J connectivity index is 0.000000500. The maximum Gasteiger partial charge on any atom is 0.307 e. The molecule has 0 aliphatic rings. The minimum absolute atomic E-state index is 0.537. The topological polar surface area (TPSA) is 63.4 Å². The summed E-state index contributed by atoms with van der Waals surface area (Å²) in [6.07, 6.45) is 0. The molecule has 0 heterocycles. The van der Waals surface area contributed by atoms with Crippen LogP contribution in [0.5, 0.6) is 0 Å². The van der Waals surface area contributed by atoms with Crippen LogP contribution < -0.4 is 0 Å². The van der Waals surface area contributed by atoms with Crippen molar-refractivity contribution in [2.75, 3.05) is 6.86 Å². The van der Waals surface area contributed by atoms with Crippen molar-refractivity contribution in [1.29, 1.82) is 0 Å². The Bertz CT molecular complexity index is 319. The highest BCUT2D eigenvalue weighted by molar-refractivity contribution is 5.31. The van der Waals surface area contributed by atoms with Gasteiger partial charge in [0.15, 0.2) is 6.86 Å². The Morgan fingerprint density at radius 1 is 1.43 bits per heavy atom. The van der Waals surface area contributed by atoms with Crippen LogP contribution in [0.25, 0.3) is 0 Å². The number of aliphatic hydroxyl groups is 1. The molecule has 0 saturated heterocycles. The number of hydrogen-bond acceptors (Lipinski definition) is 3. The van der Waals surface area contributed by atoms with Crippen LogP contribution >= 0.6 is 0 Å². The normalized spacial score (nSPS) is 8.86. The van der Waals surface area contributed by atoms with E-state index in [4.69, 9.17) is 5.11 Å². The van der Waals surface area contributed by atoms with Gasteiger partial charge in [0.25, 0.3) is 0 Å². The summed E-state index contributed by atoms with van der Waals surface area (Å²) in [6.45, 7) is -1.25. The Morgan fingerprint density at radius 2 is 1.93 bits per heavy atom.